The first-order valence-corrected chi connectivity index (χ1v) is 7.47. The molecule has 0 aliphatic rings. The Labute approximate surface area is 117 Å². The van der Waals surface area contributed by atoms with Crippen molar-refractivity contribution in [2.24, 2.45) is 7.05 Å². The Kier molecular flexibility index (Phi) is 4.30. The molecule has 0 spiro atoms. The summed E-state index contributed by atoms with van der Waals surface area (Å²) < 4.78 is 28.3. The van der Waals surface area contributed by atoms with E-state index in [9.17, 15) is 8.42 Å². The third-order valence-electron chi connectivity index (χ3n) is 2.75. The van der Waals surface area contributed by atoms with Gasteiger partial charge in [0.2, 0.25) is 10.0 Å². The van der Waals surface area contributed by atoms with Crippen LogP contribution >= 0.6 is 0 Å². The minimum absolute atomic E-state index is 0.134. The van der Waals surface area contributed by atoms with Gasteiger partial charge < -0.3 is 9.88 Å². The zero-order valence-corrected chi connectivity index (χ0v) is 12.1. The van der Waals surface area contributed by atoms with Crippen LogP contribution in [0, 0.1) is 0 Å². The monoisotopic (exact) mass is 296 g/mol. The maximum Gasteiger partial charge on any atom is 0.242 e. The van der Waals surface area contributed by atoms with E-state index in [2.05, 4.69) is 25.2 Å². The van der Waals surface area contributed by atoms with Crippen LogP contribution in [0.4, 0.5) is 5.82 Å². The van der Waals surface area contributed by atoms with Gasteiger partial charge >= 0.3 is 0 Å². The van der Waals surface area contributed by atoms with E-state index in [4.69, 9.17) is 0 Å². The third kappa shape index (κ3) is 3.31. The van der Waals surface area contributed by atoms with Crippen molar-refractivity contribution in [3.63, 3.8) is 0 Å². The van der Waals surface area contributed by atoms with Gasteiger partial charge in [-0.2, -0.15) is 0 Å². The Morgan fingerprint density at radius 1 is 1.35 bits per heavy atom. The molecular formula is C11H16N6O2S. The van der Waals surface area contributed by atoms with Crippen LogP contribution in [0.3, 0.4) is 0 Å². The van der Waals surface area contributed by atoms with Crippen molar-refractivity contribution in [2.45, 2.75) is 11.3 Å². The second-order valence-corrected chi connectivity index (χ2v) is 5.90. The summed E-state index contributed by atoms with van der Waals surface area (Å²) in [4.78, 5) is 4.11. The number of rotatable bonds is 6. The molecule has 8 nitrogen and oxygen atoms in total. The first-order chi connectivity index (χ1) is 9.53. The highest BCUT2D eigenvalue weighted by molar-refractivity contribution is 7.89. The van der Waals surface area contributed by atoms with Gasteiger partial charge in [-0.05, 0) is 12.1 Å². The van der Waals surface area contributed by atoms with Crippen molar-refractivity contribution < 1.29 is 8.42 Å². The van der Waals surface area contributed by atoms with Crippen molar-refractivity contribution in [3.8, 4) is 0 Å². The zero-order valence-electron chi connectivity index (χ0n) is 11.2. The van der Waals surface area contributed by atoms with E-state index in [1.165, 1.54) is 12.3 Å². The number of aromatic nitrogens is 4. The molecule has 0 saturated carbocycles. The van der Waals surface area contributed by atoms with E-state index in [0.717, 1.165) is 5.82 Å². The fraction of sp³-hybridized carbons (Fsp3) is 0.364. The molecule has 2 aromatic heterocycles. The van der Waals surface area contributed by atoms with Crippen molar-refractivity contribution in [2.75, 3.05) is 18.9 Å². The van der Waals surface area contributed by atoms with Gasteiger partial charge in [-0.3, -0.25) is 0 Å². The van der Waals surface area contributed by atoms with E-state index in [-0.39, 0.29) is 11.4 Å². The number of hydrogen-bond acceptors (Lipinski definition) is 6. The maximum atomic E-state index is 12.0. The zero-order chi connectivity index (χ0) is 14.6. The predicted octanol–water partition coefficient (Wildman–Crippen LogP) is -0.227. The van der Waals surface area contributed by atoms with Crippen molar-refractivity contribution in [3.05, 3.63) is 30.5 Å². The molecule has 0 aliphatic heterocycles. The van der Waals surface area contributed by atoms with E-state index in [0.29, 0.717) is 12.2 Å². The predicted molar refractivity (Wildman–Crippen MR) is 73.7 cm³/mol. The first kappa shape index (κ1) is 14.4. The molecule has 9 heteroatoms. The summed E-state index contributed by atoms with van der Waals surface area (Å²) in [6.45, 7) is 0.253. The number of nitrogens with one attached hydrogen (secondary N) is 2. The SMILES string of the molecule is CNc1ccc(S(=O)(=O)NCCc2nncn2C)cn1. The molecule has 108 valence electrons. The Morgan fingerprint density at radius 2 is 2.15 bits per heavy atom. The van der Waals surface area contributed by atoms with E-state index >= 15 is 0 Å². The number of anilines is 1. The molecule has 0 amide bonds. The molecule has 0 unspecified atom stereocenters. The Hall–Kier alpha value is -2.00. The molecule has 2 N–H and O–H groups in total. The number of hydrogen-bond donors (Lipinski definition) is 2. The fourth-order valence-electron chi connectivity index (χ4n) is 1.60. The number of pyridine rings is 1. The Bertz CT molecular complexity index is 664. The molecule has 0 saturated heterocycles. The van der Waals surface area contributed by atoms with Gasteiger partial charge in [0.1, 0.15) is 22.9 Å². The van der Waals surface area contributed by atoms with Gasteiger partial charge in [-0.25, -0.2) is 18.1 Å². The highest BCUT2D eigenvalue weighted by Gasteiger charge is 2.14. The van der Waals surface area contributed by atoms with Gasteiger partial charge in [0, 0.05) is 33.3 Å². The third-order valence-corrected chi connectivity index (χ3v) is 4.19. The summed E-state index contributed by atoms with van der Waals surface area (Å²) in [6.07, 6.45) is 3.36. The van der Waals surface area contributed by atoms with Crippen LogP contribution in [0.15, 0.2) is 29.6 Å². The van der Waals surface area contributed by atoms with Crippen LogP contribution in [0.1, 0.15) is 5.82 Å². The lowest BCUT2D eigenvalue weighted by Gasteiger charge is -2.07. The van der Waals surface area contributed by atoms with Crippen molar-refractivity contribution in [1.82, 2.24) is 24.5 Å². The van der Waals surface area contributed by atoms with Crippen molar-refractivity contribution >= 4 is 15.8 Å². The van der Waals surface area contributed by atoms with E-state index in [1.807, 2.05) is 7.05 Å². The second-order valence-electron chi connectivity index (χ2n) is 4.13. The average molecular weight is 296 g/mol. The van der Waals surface area contributed by atoms with Gasteiger partial charge in [-0.15, -0.1) is 10.2 Å². The topological polar surface area (TPSA) is 102 Å². The van der Waals surface area contributed by atoms with Gasteiger partial charge in [0.25, 0.3) is 0 Å². The Balaban J connectivity index is 1.98. The molecule has 20 heavy (non-hydrogen) atoms. The number of aryl methyl sites for hydroxylation is 1. The molecule has 0 fully saturated rings. The maximum absolute atomic E-state index is 12.0. The molecule has 0 radical (unpaired) electrons. The van der Waals surface area contributed by atoms with Gasteiger partial charge in [0.05, 0.1) is 0 Å². The molecule has 0 bridgehead atoms. The summed E-state index contributed by atoms with van der Waals surface area (Å²) in [6, 6.07) is 3.11. The minimum Gasteiger partial charge on any atom is -0.373 e. The largest absolute Gasteiger partial charge is 0.373 e. The fourth-order valence-corrected chi connectivity index (χ4v) is 2.58. The standard InChI is InChI=1S/C11H16N6O2S/c1-12-10-4-3-9(7-13-10)20(18,19)15-6-5-11-16-14-8-17(11)2/h3-4,7-8,15H,5-6H2,1-2H3,(H,12,13). The summed E-state index contributed by atoms with van der Waals surface area (Å²) in [5.41, 5.74) is 0. The molecule has 0 atom stereocenters. The molecule has 0 aromatic carbocycles. The quantitative estimate of drug-likeness (QED) is 0.763. The number of nitrogens with zero attached hydrogens (tertiary/aromatic N) is 4. The summed E-state index contributed by atoms with van der Waals surface area (Å²) in [5, 5.41) is 10.5. The molecule has 0 aliphatic carbocycles. The lowest BCUT2D eigenvalue weighted by atomic mass is 10.4. The summed E-state index contributed by atoms with van der Waals surface area (Å²) in [7, 11) is -0.0214. The lowest BCUT2D eigenvalue weighted by molar-refractivity contribution is 0.579. The van der Waals surface area contributed by atoms with Crippen LogP contribution < -0.4 is 10.0 Å². The van der Waals surface area contributed by atoms with Crippen LogP contribution in [0.5, 0.6) is 0 Å². The first-order valence-electron chi connectivity index (χ1n) is 5.99. The molecule has 2 heterocycles. The highest BCUT2D eigenvalue weighted by Crippen LogP contribution is 2.09. The van der Waals surface area contributed by atoms with Crippen LogP contribution in [0.2, 0.25) is 0 Å². The van der Waals surface area contributed by atoms with E-state index < -0.39 is 10.0 Å². The van der Waals surface area contributed by atoms with Crippen LogP contribution in [-0.4, -0.2) is 41.8 Å². The summed E-state index contributed by atoms with van der Waals surface area (Å²) in [5.74, 6) is 1.33. The highest BCUT2D eigenvalue weighted by atomic mass is 32.2. The number of sulfonamides is 1. The second kappa shape index (κ2) is 5.97. The summed E-state index contributed by atoms with van der Waals surface area (Å²) >= 11 is 0. The van der Waals surface area contributed by atoms with Crippen LogP contribution in [0.25, 0.3) is 0 Å². The minimum atomic E-state index is -3.55. The molecule has 2 aromatic rings. The smallest absolute Gasteiger partial charge is 0.242 e. The molecule has 2 rings (SSSR count). The van der Waals surface area contributed by atoms with Gasteiger partial charge in [0.15, 0.2) is 0 Å². The molecular weight excluding hydrogens is 280 g/mol. The van der Waals surface area contributed by atoms with Crippen molar-refractivity contribution in [1.29, 1.82) is 0 Å². The lowest BCUT2D eigenvalue weighted by Crippen LogP contribution is -2.26. The Morgan fingerprint density at radius 3 is 2.70 bits per heavy atom. The normalized spacial score (nSPS) is 11.5. The average Bonchev–Trinajstić information content (AvgIpc) is 2.84. The van der Waals surface area contributed by atoms with Gasteiger partial charge in [-0.1, -0.05) is 0 Å². The van der Waals surface area contributed by atoms with Crippen LogP contribution in [-0.2, 0) is 23.5 Å². The van der Waals surface area contributed by atoms with E-state index in [1.54, 1.807) is 24.0 Å².